The van der Waals surface area contributed by atoms with E-state index in [0.717, 1.165) is 5.56 Å². The number of hydrogen-bond donors (Lipinski definition) is 4. The van der Waals surface area contributed by atoms with Crippen LogP contribution in [0, 0.1) is 17.3 Å². The highest BCUT2D eigenvalue weighted by Gasteiger charge is 2.36. The van der Waals surface area contributed by atoms with Gasteiger partial charge in [0.2, 0.25) is 5.91 Å². The van der Waals surface area contributed by atoms with Crippen LogP contribution in [0.1, 0.15) is 53.5 Å². The fourth-order valence-electron chi connectivity index (χ4n) is 4.13. The Balaban J connectivity index is 0.00000648. The monoisotopic (exact) mass is 510 g/mol. The van der Waals surface area contributed by atoms with Crippen LogP contribution in [0.25, 0.3) is 0 Å². The minimum atomic E-state index is -0.717. The molecule has 1 heterocycles. The lowest BCUT2D eigenvalue weighted by Crippen LogP contribution is -2.52. The number of anilines is 1. The summed E-state index contributed by atoms with van der Waals surface area (Å²) in [5.74, 6) is -0.465. The Morgan fingerprint density at radius 1 is 1.25 bits per heavy atom. The average molecular weight is 511 g/mol. The van der Waals surface area contributed by atoms with E-state index in [4.69, 9.17) is 19.5 Å². The minimum Gasteiger partial charge on any atom is -0.482 e. The van der Waals surface area contributed by atoms with Crippen molar-refractivity contribution in [2.24, 2.45) is 17.3 Å². The molecule has 6 N–H and O–H groups in total. The summed E-state index contributed by atoms with van der Waals surface area (Å²) in [6.45, 7) is 11.1. The van der Waals surface area contributed by atoms with Gasteiger partial charge in [-0.25, -0.2) is 0 Å². The molecule has 11 nitrogen and oxygen atoms in total. The Hall–Kier alpha value is -2.57. The van der Waals surface area contributed by atoms with Crippen LogP contribution in [-0.2, 0) is 30.6 Å². The number of amides is 2. The third-order valence-electron chi connectivity index (χ3n) is 5.96. The van der Waals surface area contributed by atoms with E-state index in [-0.39, 0.29) is 49.5 Å². The number of fused-ring (bicyclic) bond motifs is 1. The van der Waals surface area contributed by atoms with E-state index in [1.54, 1.807) is 24.8 Å². The molecular formula is C25H42N4O7. The number of Topliss-reactive ketones (excluding diaryl/α,β-unsaturated/α-hetero) is 1. The standard InChI is InChI=1S/C25H39N3O7.H3N/c1-15(2)10-18(24(31)26-23(16(3)29)25(4,5)6)21(13-35-27-32)33-12-17-8-9-19-20(11-17)34-14-22(30)28(19)7;/h8-9,11,15,18,21,23,27,32H,10,12-14H2,1-7H3,(H,26,31);1H3/t18-,21?,23-;/m1./s1. The Labute approximate surface area is 213 Å². The van der Waals surface area contributed by atoms with Gasteiger partial charge in [0.15, 0.2) is 12.4 Å². The normalized spacial score (nSPS) is 15.9. The summed E-state index contributed by atoms with van der Waals surface area (Å²) in [5.41, 5.74) is 2.65. The summed E-state index contributed by atoms with van der Waals surface area (Å²) in [7, 11) is 1.69. The van der Waals surface area contributed by atoms with E-state index in [1.807, 2.05) is 40.7 Å². The fourth-order valence-corrected chi connectivity index (χ4v) is 4.13. The van der Waals surface area contributed by atoms with Crippen LogP contribution in [0.2, 0.25) is 0 Å². The van der Waals surface area contributed by atoms with E-state index in [1.165, 1.54) is 11.8 Å². The lowest BCUT2D eigenvalue weighted by Gasteiger charge is -2.33. The molecule has 1 aromatic rings. The molecule has 0 saturated heterocycles. The maximum atomic E-state index is 13.4. The molecule has 0 bridgehead atoms. The number of ketones is 1. The number of likely N-dealkylation sites (N-methyl/N-ethyl adjacent to an activating group) is 1. The smallest absolute Gasteiger partial charge is 0.264 e. The van der Waals surface area contributed by atoms with Crippen LogP contribution in [0.3, 0.4) is 0 Å². The van der Waals surface area contributed by atoms with Crippen LogP contribution in [0.5, 0.6) is 5.75 Å². The molecule has 0 saturated carbocycles. The predicted molar refractivity (Wildman–Crippen MR) is 135 cm³/mol. The second-order valence-corrected chi connectivity index (χ2v) is 10.4. The van der Waals surface area contributed by atoms with E-state index in [0.29, 0.717) is 17.9 Å². The summed E-state index contributed by atoms with van der Waals surface area (Å²) in [5, 5.41) is 11.9. The zero-order valence-electron chi connectivity index (χ0n) is 22.4. The first-order chi connectivity index (χ1) is 16.3. The van der Waals surface area contributed by atoms with Gasteiger partial charge in [-0.1, -0.05) is 46.3 Å². The molecule has 1 aliphatic rings. The lowest BCUT2D eigenvalue weighted by molar-refractivity contribution is -0.170. The summed E-state index contributed by atoms with van der Waals surface area (Å²) in [4.78, 5) is 44.0. The summed E-state index contributed by atoms with van der Waals surface area (Å²) in [6.07, 6.45) is -0.230. The maximum absolute atomic E-state index is 13.4. The zero-order chi connectivity index (χ0) is 26.3. The number of rotatable bonds is 12. The van der Waals surface area contributed by atoms with Crippen molar-refractivity contribution < 1.29 is 33.9 Å². The summed E-state index contributed by atoms with van der Waals surface area (Å²) < 4.78 is 11.7. The van der Waals surface area contributed by atoms with Gasteiger partial charge in [-0.05, 0) is 42.4 Å². The minimum absolute atomic E-state index is 0. The Kier molecular flexibility index (Phi) is 11.9. The molecular weight excluding hydrogens is 468 g/mol. The topological polar surface area (TPSA) is 161 Å². The molecule has 0 spiro atoms. The van der Waals surface area contributed by atoms with Crippen LogP contribution in [0.15, 0.2) is 18.2 Å². The summed E-state index contributed by atoms with van der Waals surface area (Å²) >= 11 is 0. The Morgan fingerprint density at radius 2 is 1.92 bits per heavy atom. The number of carbonyl (C=O) groups is 3. The van der Waals surface area contributed by atoms with Crippen molar-refractivity contribution in [1.29, 1.82) is 0 Å². The fraction of sp³-hybridized carbons (Fsp3) is 0.640. The molecule has 11 heteroatoms. The highest BCUT2D eigenvalue weighted by atomic mass is 16.8. The zero-order valence-corrected chi connectivity index (χ0v) is 22.4. The van der Waals surface area contributed by atoms with Gasteiger partial charge in [-0.15, -0.1) is 0 Å². The third kappa shape index (κ3) is 8.52. The third-order valence-corrected chi connectivity index (χ3v) is 5.96. The summed E-state index contributed by atoms with van der Waals surface area (Å²) in [6, 6.07) is 4.75. The van der Waals surface area contributed by atoms with Gasteiger partial charge < -0.3 is 25.8 Å². The number of ether oxygens (including phenoxy) is 2. The van der Waals surface area contributed by atoms with Crippen molar-refractivity contribution in [3.05, 3.63) is 23.8 Å². The largest absolute Gasteiger partial charge is 0.482 e. The van der Waals surface area contributed by atoms with Crippen LogP contribution >= 0.6 is 0 Å². The maximum Gasteiger partial charge on any atom is 0.264 e. The second kappa shape index (κ2) is 13.7. The van der Waals surface area contributed by atoms with Crippen molar-refractivity contribution in [2.75, 3.05) is 25.2 Å². The Bertz CT molecular complexity index is 901. The quantitative estimate of drug-likeness (QED) is 0.310. The van der Waals surface area contributed by atoms with Crippen molar-refractivity contribution in [2.45, 2.75) is 66.7 Å². The number of carbonyl (C=O) groups excluding carboxylic acids is 3. The first-order valence-electron chi connectivity index (χ1n) is 11.8. The first-order valence-corrected chi connectivity index (χ1v) is 11.8. The molecule has 36 heavy (non-hydrogen) atoms. The molecule has 1 unspecified atom stereocenters. The number of hydrogen-bond acceptors (Lipinski definition) is 9. The highest BCUT2D eigenvalue weighted by Crippen LogP contribution is 2.32. The van der Waals surface area contributed by atoms with E-state index in [2.05, 4.69) is 5.32 Å². The van der Waals surface area contributed by atoms with Gasteiger partial charge in [0.1, 0.15) is 5.75 Å². The molecule has 2 rings (SSSR count). The average Bonchev–Trinajstić information content (AvgIpc) is 2.77. The SMILES string of the molecule is CC(=O)[C@@H](NC(=O)[C@H](CC(C)C)C(CONO)OCc1ccc2c(c1)OCC(=O)N2C)C(C)(C)C.N. The number of nitrogens with one attached hydrogen (secondary N) is 2. The van der Waals surface area contributed by atoms with Crippen molar-refractivity contribution in [3.8, 4) is 5.75 Å². The molecule has 0 fully saturated rings. The molecule has 3 atom stereocenters. The molecule has 1 aliphatic heterocycles. The van der Waals surface area contributed by atoms with E-state index >= 15 is 0 Å². The van der Waals surface area contributed by atoms with Gasteiger partial charge in [0.25, 0.3) is 5.91 Å². The molecule has 0 aliphatic carbocycles. The van der Waals surface area contributed by atoms with Crippen molar-refractivity contribution >= 4 is 23.3 Å². The predicted octanol–water partition coefficient (Wildman–Crippen LogP) is 2.78. The van der Waals surface area contributed by atoms with Crippen LogP contribution in [0.4, 0.5) is 5.69 Å². The van der Waals surface area contributed by atoms with Gasteiger partial charge in [-0.3, -0.25) is 24.4 Å². The van der Waals surface area contributed by atoms with Crippen LogP contribution in [-0.4, -0.2) is 55.2 Å². The second-order valence-electron chi connectivity index (χ2n) is 10.4. The molecule has 0 radical (unpaired) electrons. The Morgan fingerprint density at radius 3 is 2.47 bits per heavy atom. The van der Waals surface area contributed by atoms with Gasteiger partial charge >= 0.3 is 0 Å². The van der Waals surface area contributed by atoms with E-state index in [9.17, 15) is 14.4 Å². The first kappa shape index (κ1) is 31.5. The molecule has 204 valence electrons. The van der Waals surface area contributed by atoms with Crippen molar-refractivity contribution in [3.63, 3.8) is 0 Å². The molecule has 2 amide bonds. The number of nitrogens with zero attached hydrogens (tertiary/aromatic N) is 1. The van der Waals surface area contributed by atoms with E-state index < -0.39 is 23.5 Å². The van der Waals surface area contributed by atoms with Crippen LogP contribution < -0.4 is 26.7 Å². The van der Waals surface area contributed by atoms with Crippen molar-refractivity contribution in [1.82, 2.24) is 17.1 Å². The van der Waals surface area contributed by atoms with Gasteiger partial charge in [0, 0.05) is 7.05 Å². The highest BCUT2D eigenvalue weighted by molar-refractivity contribution is 5.97. The van der Waals surface area contributed by atoms with Gasteiger partial charge in [0.05, 0.1) is 37.0 Å². The number of benzene rings is 1. The molecule has 1 aromatic carbocycles. The molecule has 0 aromatic heterocycles. The van der Waals surface area contributed by atoms with Gasteiger partial charge in [-0.2, -0.15) is 0 Å². The lowest BCUT2D eigenvalue weighted by atomic mass is 9.83.